The Balaban J connectivity index is 2.23. The molecule has 1 atom stereocenters. The quantitative estimate of drug-likeness (QED) is 0.640. The predicted molar refractivity (Wildman–Crippen MR) is 56.4 cm³/mol. The van der Waals surface area contributed by atoms with Gasteiger partial charge in [0.25, 0.3) is 5.91 Å². The fraction of sp³-hybridized carbons (Fsp3) is 0.250. The molecule has 0 bridgehead atoms. The van der Waals surface area contributed by atoms with Gasteiger partial charge in [-0.25, -0.2) is 0 Å². The summed E-state index contributed by atoms with van der Waals surface area (Å²) in [5, 5.41) is 0. The molecule has 0 saturated heterocycles. The van der Waals surface area contributed by atoms with E-state index in [-0.39, 0.29) is 5.91 Å². The van der Waals surface area contributed by atoms with Crippen molar-refractivity contribution < 1.29 is 9.53 Å². The number of likely N-dealkylation sites (N-methyl/N-ethyl adjacent to an activating group) is 1. The van der Waals surface area contributed by atoms with Crippen LogP contribution in [-0.2, 0) is 15.1 Å². The topological polar surface area (TPSA) is 29.5 Å². The van der Waals surface area contributed by atoms with E-state index in [0.29, 0.717) is 6.42 Å². The van der Waals surface area contributed by atoms with Crippen LogP contribution in [0.1, 0.15) is 12.0 Å². The van der Waals surface area contributed by atoms with E-state index in [9.17, 15) is 4.79 Å². The molecular formula is C12H11NO2. The van der Waals surface area contributed by atoms with E-state index < -0.39 is 5.60 Å². The van der Waals surface area contributed by atoms with Crippen LogP contribution in [0.3, 0.4) is 0 Å². The first-order chi connectivity index (χ1) is 7.26. The number of para-hydroxylation sites is 1. The van der Waals surface area contributed by atoms with E-state index >= 15 is 0 Å². The van der Waals surface area contributed by atoms with Crippen LogP contribution in [0.25, 0.3) is 0 Å². The molecular weight excluding hydrogens is 190 g/mol. The van der Waals surface area contributed by atoms with Crippen molar-refractivity contribution >= 4 is 11.6 Å². The molecule has 0 fully saturated rings. The van der Waals surface area contributed by atoms with Crippen LogP contribution in [-0.4, -0.2) is 13.0 Å². The van der Waals surface area contributed by atoms with Gasteiger partial charge in [-0.05, 0) is 12.1 Å². The summed E-state index contributed by atoms with van der Waals surface area (Å²) in [7, 11) is 1.79. The minimum Gasteiger partial charge on any atom is -0.480 e. The fourth-order valence-corrected chi connectivity index (χ4v) is 2.34. The third-order valence-electron chi connectivity index (χ3n) is 3.12. The smallest absolute Gasteiger partial charge is 0.276 e. The molecule has 0 unspecified atom stereocenters. The van der Waals surface area contributed by atoms with Gasteiger partial charge in [-0.3, -0.25) is 4.79 Å². The maximum atomic E-state index is 12.1. The van der Waals surface area contributed by atoms with Crippen molar-refractivity contribution in [1.29, 1.82) is 0 Å². The van der Waals surface area contributed by atoms with E-state index in [1.54, 1.807) is 18.2 Å². The van der Waals surface area contributed by atoms with Gasteiger partial charge >= 0.3 is 0 Å². The van der Waals surface area contributed by atoms with Gasteiger partial charge in [-0.1, -0.05) is 18.2 Å². The molecule has 0 saturated carbocycles. The second-order valence-corrected chi connectivity index (χ2v) is 3.90. The van der Waals surface area contributed by atoms with Crippen molar-refractivity contribution in [2.75, 3.05) is 11.9 Å². The average molecular weight is 201 g/mol. The number of hydrogen-bond donors (Lipinski definition) is 0. The number of carbonyl (C=O) groups is 1. The lowest BCUT2D eigenvalue weighted by Gasteiger charge is -2.21. The minimum absolute atomic E-state index is 0.0219. The highest BCUT2D eigenvalue weighted by molar-refractivity contribution is 6.07. The lowest BCUT2D eigenvalue weighted by molar-refractivity contribution is -0.134. The van der Waals surface area contributed by atoms with Crippen molar-refractivity contribution in [3.63, 3.8) is 0 Å². The van der Waals surface area contributed by atoms with Gasteiger partial charge in [0.1, 0.15) is 0 Å². The molecule has 0 aromatic heterocycles. The molecule has 3 nitrogen and oxygen atoms in total. The largest absolute Gasteiger partial charge is 0.480 e. The number of nitrogens with zero attached hydrogens (tertiary/aromatic N) is 1. The Kier molecular flexibility index (Phi) is 1.49. The standard InChI is InChI=1S/C12H11NO2/c1-13-10-6-3-2-5-9(10)12(11(13)14)7-4-8-15-12/h2-6,8H,7H2,1H3/t12-/m0/s1. The van der Waals surface area contributed by atoms with Crippen LogP contribution in [0, 0.1) is 0 Å². The normalized spacial score (nSPS) is 27.3. The summed E-state index contributed by atoms with van der Waals surface area (Å²) in [4.78, 5) is 13.8. The van der Waals surface area contributed by atoms with Crippen LogP contribution in [0.15, 0.2) is 36.6 Å². The summed E-state index contributed by atoms with van der Waals surface area (Å²) in [5.74, 6) is 0.0219. The zero-order valence-electron chi connectivity index (χ0n) is 8.43. The highest BCUT2D eigenvalue weighted by Gasteiger charge is 2.52. The second kappa shape index (κ2) is 2.63. The Morgan fingerprint density at radius 2 is 2.20 bits per heavy atom. The number of ether oxygens (including phenoxy) is 1. The lowest BCUT2D eigenvalue weighted by atomic mass is 9.93. The number of amides is 1. The first-order valence-electron chi connectivity index (χ1n) is 4.96. The highest BCUT2D eigenvalue weighted by Crippen LogP contribution is 2.46. The predicted octanol–water partition coefficient (Wildman–Crippen LogP) is 1.79. The monoisotopic (exact) mass is 201 g/mol. The zero-order chi connectivity index (χ0) is 10.5. The van der Waals surface area contributed by atoms with Gasteiger partial charge in [0.2, 0.25) is 5.60 Å². The van der Waals surface area contributed by atoms with Gasteiger partial charge < -0.3 is 9.64 Å². The van der Waals surface area contributed by atoms with Crippen molar-refractivity contribution in [1.82, 2.24) is 0 Å². The summed E-state index contributed by atoms with van der Waals surface area (Å²) in [5.41, 5.74) is 1.15. The van der Waals surface area contributed by atoms with E-state index in [4.69, 9.17) is 4.74 Å². The Morgan fingerprint density at radius 3 is 2.93 bits per heavy atom. The molecule has 0 radical (unpaired) electrons. The first-order valence-corrected chi connectivity index (χ1v) is 4.96. The fourth-order valence-electron chi connectivity index (χ4n) is 2.34. The number of rotatable bonds is 0. The summed E-state index contributed by atoms with van der Waals surface area (Å²) in [6, 6.07) is 7.78. The molecule has 3 heteroatoms. The molecule has 76 valence electrons. The first kappa shape index (κ1) is 8.53. The molecule has 2 aliphatic rings. The Hall–Kier alpha value is -1.77. The van der Waals surface area contributed by atoms with Crippen molar-refractivity contribution in [3.8, 4) is 0 Å². The number of fused-ring (bicyclic) bond motifs is 2. The highest BCUT2D eigenvalue weighted by atomic mass is 16.5. The third-order valence-corrected chi connectivity index (χ3v) is 3.12. The van der Waals surface area contributed by atoms with Crippen LogP contribution in [0.2, 0.25) is 0 Å². The molecule has 0 N–H and O–H groups in total. The summed E-state index contributed by atoms with van der Waals surface area (Å²) < 4.78 is 5.54. The zero-order valence-corrected chi connectivity index (χ0v) is 8.43. The van der Waals surface area contributed by atoms with Crippen molar-refractivity contribution in [2.24, 2.45) is 0 Å². The number of anilines is 1. The lowest BCUT2D eigenvalue weighted by Crippen LogP contribution is -2.37. The van der Waals surface area contributed by atoms with Gasteiger partial charge in [0.15, 0.2) is 0 Å². The van der Waals surface area contributed by atoms with Crippen molar-refractivity contribution in [2.45, 2.75) is 12.0 Å². The van der Waals surface area contributed by atoms with Gasteiger partial charge in [-0.2, -0.15) is 0 Å². The third kappa shape index (κ3) is 0.876. The Bertz CT molecular complexity index is 456. The van der Waals surface area contributed by atoms with Crippen LogP contribution in [0.4, 0.5) is 5.69 Å². The van der Waals surface area contributed by atoms with E-state index in [1.807, 2.05) is 30.3 Å². The average Bonchev–Trinajstić information content (AvgIpc) is 2.83. The maximum absolute atomic E-state index is 12.1. The number of benzene rings is 1. The van der Waals surface area contributed by atoms with Crippen LogP contribution < -0.4 is 4.90 Å². The van der Waals surface area contributed by atoms with Crippen LogP contribution in [0.5, 0.6) is 0 Å². The Labute approximate surface area is 88.0 Å². The Morgan fingerprint density at radius 1 is 1.40 bits per heavy atom. The van der Waals surface area contributed by atoms with Gasteiger partial charge in [0, 0.05) is 19.0 Å². The summed E-state index contributed by atoms with van der Waals surface area (Å²) in [6.45, 7) is 0. The number of hydrogen-bond acceptors (Lipinski definition) is 2. The molecule has 1 aromatic carbocycles. The molecule has 1 spiro atoms. The molecule has 1 amide bonds. The molecule has 2 aliphatic heterocycles. The summed E-state index contributed by atoms with van der Waals surface area (Å²) in [6.07, 6.45) is 4.15. The molecule has 2 heterocycles. The maximum Gasteiger partial charge on any atom is 0.276 e. The van der Waals surface area contributed by atoms with Gasteiger partial charge in [-0.15, -0.1) is 0 Å². The minimum atomic E-state index is -0.772. The van der Waals surface area contributed by atoms with E-state index in [1.165, 1.54) is 0 Å². The van der Waals surface area contributed by atoms with Gasteiger partial charge in [0.05, 0.1) is 11.9 Å². The molecule has 3 rings (SSSR count). The molecule has 1 aromatic rings. The summed E-state index contributed by atoms with van der Waals surface area (Å²) >= 11 is 0. The number of carbonyl (C=O) groups excluding carboxylic acids is 1. The van der Waals surface area contributed by atoms with Crippen LogP contribution >= 0.6 is 0 Å². The molecule has 15 heavy (non-hydrogen) atoms. The second-order valence-electron chi connectivity index (χ2n) is 3.90. The van der Waals surface area contributed by atoms with E-state index in [0.717, 1.165) is 11.3 Å². The molecule has 0 aliphatic carbocycles. The van der Waals surface area contributed by atoms with Crippen molar-refractivity contribution in [3.05, 3.63) is 42.2 Å². The SMILES string of the molecule is CN1C(=O)[C@]2(CC=CO2)c2ccccc21. The van der Waals surface area contributed by atoms with E-state index in [2.05, 4.69) is 0 Å².